The van der Waals surface area contributed by atoms with Gasteiger partial charge in [-0.05, 0) is 24.3 Å². The van der Waals surface area contributed by atoms with Gasteiger partial charge < -0.3 is 0 Å². The molecular weight excluding hydrogens is 304 g/mol. The van der Waals surface area contributed by atoms with E-state index in [0.717, 1.165) is 15.2 Å². The molecule has 1 aromatic heterocycles. The van der Waals surface area contributed by atoms with Crippen LogP contribution >= 0.6 is 11.3 Å². The fraction of sp³-hybridized carbons (Fsp3) is 0. The number of fused-ring (bicyclic) bond motifs is 2. The number of hydrogen-bond donors (Lipinski definition) is 1. The maximum absolute atomic E-state index is 12.1. The number of nitrogens with one attached hydrogen (secondary N) is 1. The first kappa shape index (κ1) is 12.6. The molecule has 0 bridgehead atoms. The van der Waals surface area contributed by atoms with Gasteiger partial charge in [-0.1, -0.05) is 30.3 Å². The summed E-state index contributed by atoms with van der Waals surface area (Å²) in [6, 6.07) is 14.8. The largest absolute Gasteiger partial charge is 0.279 e. The molecule has 2 aromatic carbocycles. The van der Waals surface area contributed by atoms with Gasteiger partial charge in [0.15, 0.2) is 0 Å². The van der Waals surface area contributed by atoms with Gasteiger partial charge >= 0.3 is 0 Å². The first-order valence-corrected chi connectivity index (χ1v) is 8.63. The monoisotopic (exact) mass is 314 g/mol. The highest BCUT2D eigenvalue weighted by Gasteiger charge is 2.28. The highest BCUT2D eigenvalue weighted by molar-refractivity contribution is 7.90. The second-order valence-corrected chi connectivity index (χ2v) is 7.39. The Hall–Kier alpha value is -2.18. The van der Waals surface area contributed by atoms with Crippen molar-refractivity contribution < 1.29 is 8.42 Å². The minimum atomic E-state index is -3.45. The number of thiazole rings is 1. The van der Waals surface area contributed by atoms with E-state index < -0.39 is 10.0 Å². The lowest BCUT2D eigenvalue weighted by molar-refractivity contribution is 0.594. The van der Waals surface area contributed by atoms with Crippen LogP contribution in [0, 0.1) is 0 Å². The van der Waals surface area contributed by atoms with Crippen LogP contribution in [0.25, 0.3) is 22.0 Å². The van der Waals surface area contributed by atoms with Crippen molar-refractivity contribution in [2.24, 2.45) is 0 Å². The first-order chi connectivity index (χ1) is 10.1. The van der Waals surface area contributed by atoms with Gasteiger partial charge in [0.25, 0.3) is 10.0 Å². The Balaban J connectivity index is 1.87. The zero-order valence-corrected chi connectivity index (χ0v) is 12.4. The number of benzene rings is 2. The van der Waals surface area contributed by atoms with E-state index in [-0.39, 0.29) is 0 Å². The summed E-state index contributed by atoms with van der Waals surface area (Å²) in [7, 11) is -3.45. The molecule has 4 rings (SSSR count). The molecule has 0 atom stereocenters. The number of para-hydroxylation sites is 1. The van der Waals surface area contributed by atoms with Crippen LogP contribution in [-0.4, -0.2) is 13.4 Å². The first-order valence-electron chi connectivity index (χ1n) is 6.33. The predicted molar refractivity (Wildman–Crippen MR) is 84.3 cm³/mol. The van der Waals surface area contributed by atoms with E-state index >= 15 is 0 Å². The van der Waals surface area contributed by atoms with Crippen molar-refractivity contribution in [1.29, 1.82) is 0 Å². The van der Waals surface area contributed by atoms with Gasteiger partial charge in [-0.15, -0.1) is 11.3 Å². The van der Waals surface area contributed by atoms with Crippen molar-refractivity contribution in [3.63, 3.8) is 0 Å². The maximum Gasteiger partial charge on any atom is 0.262 e. The van der Waals surface area contributed by atoms with Crippen LogP contribution in [0.5, 0.6) is 0 Å². The third-order valence-electron chi connectivity index (χ3n) is 3.29. The average Bonchev–Trinajstić information content (AvgIpc) is 2.98. The second kappa shape index (κ2) is 4.41. The molecule has 2 heterocycles. The van der Waals surface area contributed by atoms with Crippen molar-refractivity contribution >= 4 is 43.3 Å². The van der Waals surface area contributed by atoms with Crippen molar-refractivity contribution in [1.82, 2.24) is 9.71 Å². The Morgan fingerprint density at radius 3 is 2.67 bits per heavy atom. The lowest BCUT2D eigenvalue weighted by Gasteiger charge is -1.96. The maximum atomic E-state index is 12.1. The van der Waals surface area contributed by atoms with Crippen LogP contribution in [0.1, 0.15) is 10.6 Å². The van der Waals surface area contributed by atoms with E-state index in [1.807, 2.05) is 30.3 Å². The summed E-state index contributed by atoms with van der Waals surface area (Å²) in [5.41, 5.74) is 2.19. The molecule has 0 fully saturated rings. The number of hydrogen-bond acceptors (Lipinski definition) is 4. The van der Waals surface area contributed by atoms with Crippen molar-refractivity contribution in [2.45, 2.75) is 4.90 Å². The van der Waals surface area contributed by atoms with E-state index in [9.17, 15) is 8.42 Å². The fourth-order valence-corrected chi connectivity index (χ4v) is 4.57. The average molecular weight is 314 g/mol. The van der Waals surface area contributed by atoms with E-state index in [4.69, 9.17) is 0 Å². The number of rotatable bonds is 1. The third-order valence-corrected chi connectivity index (χ3v) is 5.70. The molecule has 0 aliphatic carbocycles. The quantitative estimate of drug-likeness (QED) is 0.751. The van der Waals surface area contributed by atoms with E-state index in [1.165, 1.54) is 11.3 Å². The Kier molecular flexibility index (Phi) is 2.63. The van der Waals surface area contributed by atoms with E-state index in [2.05, 4.69) is 9.71 Å². The Morgan fingerprint density at radius 1 is 1.05 bits per heavy atom. The zero-order valence-electron chi connectivity index (χ0n) is 10.8. The lowest BCUT2D eigenvalue weighted by Crippen LogP contribution is -2.13. The van der Waals surface area contributed by atoms with Crippen LogP contribution in [0.15, 0.2) is 53.4 Å². The van der Waals surface area contributed by atoms with Crippen LogP contribution in [0.2, 0.25) is 0 Å². The Labute approximate surface area is 125 Å². The molecule has 0 spiro atoms. The van der Waals surface area contributed by atoms with Gasteiger partial charge in [0.2, 0.25) is 0 Å². The molecular formula is C15H10N2O2S2. The summed E-state index contributed by atoms with van der Waals surface area (Å²) >= 11 is 1.54. The van der Waals surface area contributed by atoms with Crippen LogP contribution in [0.3, 0.4) is 0 Å². The normalized spacial score (nSPS) is 17.8. The summed E-state index contributed by atoms with van der Waals surface area (Å²) in [6.45, 7) is 0. The fourth-order valence-electron chi connectivity index (χ4n) is 2.36. The van der Waals surface area contributed by atoms with Crippen molar-refractivity contribution in [3.8, 4) is 0 Å². The molecule has 0 saturated carbocycles. The van der Waals surface area contributed by atoms with Crippen molar-refractivity contribution in [2.75, 3.05) is 0 Å². The summed E-state index contributed by atoms with van der Waals surface area (Å²) in [4.78, 5) is 4.82. The molecule has 4 nitrogen and oxygen atoms in total. The number of aromatic nitrogens is 1. The molecule has 0 unspecified atom stereocenters. The van der Waals surface area contributed by atoms with Crippen molar-refractivity contribution in [3.05, 3.63) is 59.1 Å². The van der Waals surface area contributed by atoms with Gasteiger partial charge in [-0.2, -0.15) is 0 Å². The number of nitrogens with zero attached hydrogens (tertiary/aromatic N) is 1. The zero-order chi connectivity index (χ0) is 14.4. The Morgan fingerprint density at radius 2 is 1.81 bits per heavy atom. The van der Waals surface area contributed by atoms with Crippen LogP contribution < -0.4 is 4.72 Å². The smallest absolute Gasteiger partial charge is 0.262 e. The van der Waals surface area contributed by atoms with Gasteiger partial charge in [0, 0.05) is 5.56 Å². The van der Waals surface area contributed by atoms with Crippen LogP contribution in [0.4, 0.5) is 0 Å². The molecule has 3 aromatic rings. The molecule has 1 aliphatic heterocycles. The second-order valence-electron chi connectivity index (χ2n) is 4.68. The molecule has 1 aliphatic rings. The summed E-state index contributed by atoms with van der Waals surface area (Å²) in [6.07, 6.45) is 1.79. The minimum absolute atomic E-state index is 0.317. The van der Waals surface area contributed by atoms with Gasteiger partial charge in [0.1, 0.15) is 5.01 Å². The Bertz CT molecular complexity index is 955. The number of sulfonamides is 1. The van der Waals surface area contributed by atoms with Crippen LogP contribution in [-0.2, 0) is 10.0 Å². The van der Waals surface area contributed by atoms with E-state index in [1.54, 1.807) is 24.3 Å². The molecule has 21 heavy (non-hydrogen) atoms. The molecule has 6 heteroatoms. The van der Waals surface area contributed by atoms with Gasteiger partial charge in [-0.25, -0.2) is 13.4 Å². The summed E-state index contributed by atoms with van der Waals surface area (Å²) in [5, 5.41) is 0.783. The van der Waals surface area contributed by atoms with Gasteiger partial charge in [0.05, 0.1) is 20.8 Å². The molecule has 0 radical (unpaired) electrons. The molecule has 1 N–H and O–H groups in total. The summed E-state index contributed by atoms with van der Waals surface area (Å²) < 4.78 is 27.8. The van der Waals surface area contributed by atoms with E-state index in [0.29, 0.717) is 16.2 Å². The summed E-state index contributed by atoms with van der Waals surface area (Å²) in [5.74, 6) is 0. The predicted octanol–water partition coefficient (Wildman–Crippen LogP) is 3.09. The third kappa shape index (κ3) is 2.03. The topological polar surface area (TPSA) is 59.1 Å². The van der Waals surface area contributed by atoms with Gasteiger partial charge in [-0.3, -0.25) is 4.72 Å². The minimum Gasteiger partial charge on any atom is -0.279 e. The SMILES string of the molecule is O=S1(=O)N/C(=C/c2nc3ccccc3s2)c2ccccc21. The molecule has 104 valence electrons. The molecule has 0 amide bonds. The highest BCUT2D eigenvalue weighted by atomic mass is 32.2. The standard InChI is InChI=1S/C15H10N2O2S2/c18-21(19)14-8-4-1-5-10(14)12(17-21)9-15-16-11-6-2-3-7-13(11)20-15/h1-9,17H/b12-9+. The lowest BCUT2D eigenvalue weighted by atomic mass is 10.1. The highest BCUT2D eigenvalue weighted by Crippen LogP contribution is 2.32. The molecule has 0 saturated heterocycles.